The quantitative estimate of drug-likeness (QED) is 0.338. The van der Waals surface area contributed by atoms with Crippen molar-refractivity contribution in [2.45, 2.75) is 17.7 Å². The number of nitrogen functional groups attached to an aromatic ring is 1. The van der Waals surface area contributed by atoms with E-state index in [0.717, 1.165) is 53.0 Å². The fourth-order valence-electron chi connectivity index (χ4n) is 4.09. The van der Waals surface area contributed by atoms with Crippen LogP contribution in [0, 0.1) is 5.92 Å². The summed E-state index contributed by atoms with van der Waals surface area (Å²) < 4.78 is 26.6. The lowest BCUT2D eigenvalue weighted by atomic mass is 10.0. The molecule has 4 N–H and O–H groups in total. The van der Waals surface area contributed by atoms with Crippen molar-refractivity contribution >= 4 is 60.3 Å². The fourth-order valence-corrected chi connectivity index (χ4v) is 6.46. The van der Waals surface area contributed by atoms with E-state index < -0.39 is 9.84 Å². The van der Waals surface area contributed by atoms with Crippen LogP contribution in [-0.2, 0) is 9.84 Å². The molecule has 35 heavy (non-hydrogen) atoms. The van der Waals surface area contributed by atoms with Crippen LogP contribution in [0.5, 0.6) is 0 Å². The summed E-state index contributed by atoms with van der Waals surface area (Å²) in [5, 5.41) is 6.95. The molecule has 10 heteroatoms. The highest BCUT2D eigenvalue weighted by Gasteiger charge is 2.22. The summed E-state index contributed by atoms with van der Waals surface area (Å²) >= 11 is 1.47. The zero-order valence-corrected chi connectivity index (χ0v) is 20.6. The third-order valence-corrected chi connectivity index (χ3v) is 8.66. The number of piperidine rings is 1. The van der Waals surface area contributed by atoms with Crippen molar-refractivity contribution in [3.63, 3.8) is 0 Å². The maximum atomic E-state index is 12.7. The van der Waals surface area contributed by atoms with Gasteiger partial charge >= 0.3 is 0 Å². The summed E-state index contributed by atoms with van der Waals surface area (Å²) in [5.41, 5.74) is 9.25. The molecule has 8 nitrogen and oxygen atoms in total. The van der Waals surface area contributed by atoms with Gasteiger partial charge in [-0.3, -0.25) is 0 Å². The van der Waals surface area contributed by atoms with Crippen LogP contribution in [0.4, 0.5) is 16.8 Å². The Morgan fingerprint density at radius 3 is 2.60 bits per heavy atom. The first-order chi connectivity index (χ1) is 16.9. The molecule has 2 aromatic carbocycles. The van der Waals surface area contributed by atoms with E-state index >= 15 is 0 Å². The number of fused-ring (bicyclic) bond motifs is 1. The summed E-state index contributed by atoms with van der Waals surface area (Å²) in [6.45, 7) is 1.73. The van der Waals surface area contributed by atoms with E-state index in [1.54, 1.807) is 36.7 Å². The molecule has 1 aliphatic rings. The first kappa shape index (κ1) is 23.4. The molecule has 0 aliphatic carbocycles. The maximum Gasteiger partial charge on any atom is 0.227 e. The molecule has 0 saturated carbocycles. The lowest BCUT2D eigenvalue weighted by molar-refractivity contribution is 0.404. The van der Waals surface area contributed by atoms with Gasteiger partial charge in [-0.25, -0.2) is 23.4 Å². The van der Waals surface area contributed by atoms with E-state index in [0.29, 0.717) is 16.0 Å². The van der Waals surface area contributed by atoms with Crippen LogP contribution in [0.1, 0.15) is 24.0 Å². The molecule has 1 aliphatic heterocycles. The van der Waals surface area contributed by atoms with Gasteiger partial charge in [0, 0.05) is 23.6 Å². The number of benzene rings is 2. The summed E-state index contributed by atoms with van der Waals surface area (Å²) in [4.78, 5) is 13.4. The number of rotatable bonds is 7. The number of nitrogens with one attached hydrogen (secondary N) is 2. The van der Waals surface area contributed by atoms with E-state index in [1.165, 1.54) is 11.3 Å². The molecule has 4 aromatic rings. The van der Waals surface area contributed by atoms with Crippen molar-refractivity contribution in [1.29, 1.82) is 0 Å². The first-order valence-corrected chi connectivity index (χ1v) is 13.9. The van der Waals surface area contributed by atoms with Gasteiger partial charge in [0.15, 0.2) is 15.0 Å². The molecule has 0 bridgehead atoms. The van der Waals surface area contributed by atoms with Crippen LogP contribution in [0.15, 0.2) is 59.8 Å². The topological polar surface area (TPSA) is 123 Å². The van der Waals surface area contributed by atoms with Crippen LogP contribution in [-0.4, -0.2) is 42.2 Å². The van der Waals surface area contributed by atoms with Crippen LogP contribution in [0.25, 0.3) is 22.4 Å². The predicted molar refractivity (Wildman–Crippen MR) is 142 cm³/mol. The van der Waals surface area contributed by atoms with Crippen molar-refractivity contribution in [1.82, 2.24) is 20.3 Å². The third-order valence-electron chi connectivity index (χ3n) is 5.89. The molecule has 0 spiro atoms. The van der Waals surface area contributed by atoms with Gasteiger partial charge in [0.1, 0.15) is 0 Å². The number of thiazole rings is 1. The Bertz CT molecular complexity index is 1440. The number of hydrogen-bond acceptors (Lipinski definition) is 9. The van der Waals surface area contributed by atoms with E-state index in [-0.39, 0.29) is 11.7 Å². The van der Waals surface area contributed by atoms with E-state index in [9.17, 15) is 8.42 Å². The summed E-state index contributed by atoms with van der Waals surface area (Å²) in [6.07, 6.45) is 9.33. The lowest BCUT2D eigenvalue weighted by Crippen LogP contribution is -2.33. The standard InChI is InChI=1S/C25H26N6O2S2/c26-24-31-22-12-17(5-10-23(22)34-24)3-4-18-14-28-25(29-15-18)30-20-6-8-21(9-7-20)35(32,33)16-19-2-1-11-27-13-19/h3-10,12,14-15,19,27H,1-2,11,13,16H2,(H2,26,31)(H,28,29,30)/b4-3+. The Kier molecular flexibility index (Phi) is 6.76. The Labute approximate surface area is 208 Å². The van der Waals surface area contributed by atoms with E-state index in [4.69, 9.17) is 5.73 Å². The van der Waals surface area contributed by atoms with Crippen molar-refractivity contribution in [2.24, 2.45) is 5.92 Å². The van der Waals surface area contributed by atoms with Crippen molar-refractivity contribution in [3.8, 4) is 0 Å². The molecule has 2 aromatic heterocycles. The molecule has 180 valence electrons. The van der Waals surface area contributed by atoms with E-state index in [1.807, 2.05) is 30.4 Å². The van der Waals surface area contributed by atoms with Crippen LogP contribution in [0.2, 0.25) is 0 Å². The minimum Gasteiger partial charge on any atom is -0.375 e. The largest absolute Gasteiger partial charge is 0.375 e. The highest BCUT2D eigenvalue weighted by molar-refractivity contribution is 7.91. The molecular weight excluding hydrogens is 480 g/mol. The minimum absolute atomic E-state index is 0.168. The zero-order valence-electron chi connectivity index (χ0n) is 19.0. The number of hydrogen-bond donors (Lipinski definition) is 3. The molecule has 0 radical (unpaired) electrons. The molecule has 1 unspecified atom stereocenters. The Balaban J connectivity index is 1.20. The fraction of sp³-hybridized carbons (Fsp3) is 0.240. The molecule has 1 fully saturated rings. The highest BCUT2D eigenvalue weighted by Crippen LogP contribution is 2.25. The molecule has 1 saturated heterocycles. The SMILES string of the molecule is Nc1nc2cc(/C=C/c3cnc(Nc4ccc(S(=O)(=O)CC5CCCNC5)cc4)nc3)ccc2s1. The summed E-state index contributed by atoms with van der Waals surface area (Å²) in [5.74, 6) is 0.781. The second-order valence-electron chi connectivity index (χ2n) is 8.60. The number of anilines is 3. The van der Waals surface area contributed by atoms with Crippen molar-refractivity contribution in [2.75, 3.05) is 29.9 Å². The number of aromatic nitrogens is 3. The van der Waals surface area contributed by atoms with Crippen LogP contribution < -0.4 is 16.4 Å². The predicted octanol–water partition coefficient (Wildman–Crippen LogP) is 4.36. The highest BCUT2D eigenvalue weighted by atomic mass is 32.2. The Hall–Kier alpha value is -3.34. The van der Waals surface area contributed by atoms with Gasteiger partial charge in [-0.2, -0.15) is 0 Å². The maximum absolute atomic E-state index is 12.7. The first-order valence-electron chi connectivity index (χ1n) is 11.4. The Morgan fingerprint density at radius 1 is 1.09 bits per heavy atom. The van der Waals surface area contributed by atoms with Gasteiger partial charge in [-0.05, 0) is 73.8 Å². The van der Waals surface area contributed by atoms with Crippen molar-refractivity contribution in [3.05, 3.63) is 66.0 Å². The monoisotopic (exact) mass is 506 g/mol. The second-order valence-corrected chi connectivity index (χ2v) is 11.7. The van der Waals surface area contributed by atoms with Crippen molar-refractivity contribution < 1.29 is 8.42 Å². The third kappa shape index (κ3) is 5.84. The van der Waals surface area contributed by atoms with Gasteiger partial charge in [-0.1, -0.05) is 29.6 Å². The number of nitrogens with two attached hydrogens (primary N) is 1. The van der Waals surface area contributed by atoms with Crippen LogP contribution >= 0.6 is 11.3 Å². The van der Waals surface area contributed by atoms with Gasteiger partial charge in [-0.15, -0.1) is 0 Å². The lowest BCUT2D eigenvalue weighted by Gasteiger charge is -2.22. The normalized spacial score (nSPS) is 16.6. The van der Waals surface area contributed by atoms with Gasteiger partial charge in [0.05, 0.1) is 20.9 Å². The van der Waals surface area contributed by atoms with Crippen LogP contribution in [0.3, 0.4) is 0 Å². The van der Waals surface area contributed by atoms with Gasteiger partial charge in [0.2, 0.25) is 5.95 Å². The molecule has 5 rings (SSSR count). The minimum atomic E-state index is -3.31. The average Bonchev–Trinajstić information content (AvgIpc) is 3.23. The second kappa shape index (κ2) is 10.1. The Morgan fingerprint density at radius 2 is 1.86 bits per heavy atom. The van der Waals surface area contributed by atoms with E-state index in [2.05, 4.69) is 25.6 Å². The number of nitrogens with zero attached hydrogens (tertiary/aromatic N) is 3. The average molecular weight is 507 g/mol. The van der Waals surface area contributed by atoms with Gasteiger partial charge < -0.3 is 16.4 Å². The molecule has 3 heterocycles. The van der Waals surface area contributed by atoms with Gasteiger partial charge in [0.25, 0.3) is 0 Å². The smallest absolute Gasteiger partial charge is 0.227 e. The molecule has 1 atom stereocenters. The molecule has 0 amide bonds. The molecular formula is C25H26N6O2S2. The number of sulfone groups is 1. The zero-order chi connectivity index (χ0) is 24.3. The summed E-state index contributed by atoms with van der Waals surface area (Å²) in [7, 11) is -3.31. The summed E-state index contributed by atoms with van der Waals surface area (Å²) in [6, 6.07) is 12.8.